The zero-order valence-electron chi connectivity index (χ0n) is 16.4. The maximum atomic E-state index is 12.3. The maximum absolute atomic E-state index is 12.3. The van der Waals surface area contributed by atoms with Crippen LogP contribution in [0.3, 0.4) is 0 Å². The highest BCUT2D eigenvalue weighted by atomic mass is 35.5. The molecule has 2 aromatic carbocycles. The van der Waals surface area contributed by atoms with Crippen molar-refractivity contribution < 1.29 is 14.3 Å². The van der Waals surface area contributed by atoms with Crippen molar-refractivity contribution in [3.8, 4) is 5.75 Å². The first kappa shape index (κ1) is 21.7. The standard InChI is InChI=1S/C20H20ClN5O3S/c1-26-17(11-18(27)22-14-8-4-3-7-13(14)21)24-25-20(26)30-12-19(28)23-15-9-5-6-10-16(15)29-2/h3-10H,11-12H2,1-2H3,(H,22,27)(H,23,28). The lowest BCUT2D eigenvalue weighted by molar-refractivity contribution is -0.116. The lowest BCUT2D eigenvalue weighted by Crippen LogP contribution is -2.17. The number of hydrogen-bond acceptors (Lipinski definition) is 6. The van der Waals surface area contributed by atoms with E-state index >= 15 is 0 Å². The molecule has 1 aromatic heterocycles. The molecule has 2 amide bonds. The van der Waals surface area contributed by atoms with Gasteiger partial charge >= 0.3 is 0 Å². The number of para-hydroxylation sites is 3. The minimum absolute atomic E-state index is 0.0305. The minimum atomic E-state index is -0.260. The van der Waals surface area contributed by atoms with Gasteiger partial charge in [-0.2, -0.15) is 0 Å². The number of rotatable bonds is 8. The predicted octanol–water partition coefficient (Wildman–Crippen LogP) is 3.39. The fourth-order valence-electron chi connectivity index (χ4n) is 2.59. The number of nitrogens with one attached hydrogen (secondary N) is 2. The highest BCUT2D eigenvalue weighted by molar-refractivity contribution is 7.99. The van der Waals surface area contributed by atoms with Crippen LogP contribution >= 0.6 is 23.4 Å². The molecule has 10 heteroatoms. The smallest absolute Gasteiger partial charge is 0.234 e. The molecule has 0 radical (unpaired) electrons. The molecular weight excluding hydrogens is 426 g/mol. The normalized spacial score (nSPS) is 10.5. The van der Waals surface area contributed by atoms with Gasteiger partial charge in [-0.25, -0.2) is 0 Å². The van der Waals surface area contributed by atoms with Crippen LogP contribution in [0.2, 0.25) is 5.02 Å². The predicted molar refractivity (Wildman–Crippen MR) is 117 cm³/mol. The zero-order chi connectivity index (χ0) is 21.5. The van der Waals surface area contributed by atoms with Crippen LogP contribution in [0.4, 0.5) is 11.4 Å². The van der Waals surface area contributed by atoms with E-state index in [1.807, 2.05) is 12.1 Å². The molecule has 0 fully saturated rings. The van der Waals surface area contributed by atoms with Crippen molar-refractivity contribution in [2.75, 3.05) is 23.5 Å². The van der Waals surface area contributed by atoms with Crippen LogP contribution in [-0.2, 0) is 23.1 Å². The number of nitrogens with zero attached hydrogens (tertiary/aromatic N) is 3. The maximum Gasteiger partial charge on any atom is 0.234 e. The van der Waals surface area contributed by atoms with E-state index in [4.69, 9.17) is 16.3 Å². The van der Waals surface area contributed by atoms with Crippen molar-refractivity contribution in [2.24, 2.45) is 7.05 Å². The molecule has 1 heterocycles. The molecule has 0 atom stereocenters. The highest BCUT2D eigenvalue weighted by Gasteiger charge is 2.15. The number of carbonyl (C=O) groups is 2. The van der Waals surface area contributed by atoms with Crippen LogP contribution < -0.4 is 15.4 Å². The first-order valence-electron chi connectivity index (χ1n) is 8.96. The molecule has 30 heavy (non-hydrogen) atoms. The Morgan fingerprint density at radius 3 is 2.43 bits per heavy atom. The molecule has 8 nitrogen and oxygen atoms in total. The van der Waals surface area contributed by atoms with Crippen molar-refractivity contribution >= 4 is 46.6 Å². The summed E-state index contributed by atoms with van der Waals surface area (Å²) in [5.41, 5.74) is 1.13. The summed E-state index contributed by atoms with van der Waals surface area (Å²) in [6.45, 7) is 0. The molecular formula is C20H20ClN5O3S. The van der Waals surface area contributed by atoms with Gasteiger partial charge in [0.05, 0.1) is 35.7 Å². The van der Waals surface area contributed by atoms with Crippen LogP contribution in [0, 0.1) is 0 Å². The summed E-state index contributed by atoms with van der Waals surface area (Å²) in [5, 5.41) is 14.7. The summed E-state index contributed by atoms with van der Waals surface area (Å²) in [4.78, 5) is 24.6. The summed E-state index contributed by atoms with van der Waals surface area (Å²) in [5.74, 6) is 0.735. The number of carbonyl (C=O) groups excluding carboxylic acids is 2. The number of amides is 2. The van der Waals surface area contributed by atoms with Gasteiger partial charge in [-0.1, -0.05) is 47.6 Å². The Morgan fingerprint density at radius 2 is 1.70 bits per heavy atom. The fourth-order valence-corrected chi connectivity index (χ4v) is 3.50. The second kappa shape index (κ2) is 10.1. The first-order chi connectivity index (χ1) is 14.5. The van der Waals surface area contributed by atoms with Crippen LogP contribution in [0.1, 0.15) is 5.82 Å². The molecule has 0 aliphatic rings. The SMILES string of the molecule is COc1ccccc1NC(=O)CSc1nnc(CC(=O)Nc2ccccc2Cl)n1C. The van der Waals surface area contributed by atoms with Gasteiger partial charge in [0, 0.05) is 7.05 Å². The van der Waals surface area contributed by atoms with Gasteiger partial charge in [0.2, 0.25) is 11.8 Å². The summed E-state index contributed by atoms with van der Waals surface area (Å²) in [7, 11) is 3.29. The largest absolute Gasteiger partial charge is 0.495 e. The molecule has 156 valence electrons. The Bertz CT molecular complexity index is 1060. The summed E-state index contributed by atoms with van der Waals surface area (Å²) >= 11 is 7.28. The summed E-state index contributed by atoms with van der Waals surface area (Å²) in [6.07, 6.45) is 0.0305. The molecule has 0 unspecified atom stereocenters. The third-order valence-electron chi connectivity index (χ3n) is 4.11. The van der Waals surface area contributed by atoms with E-state index in [9.17, 15) is 9.59 Å². The van der Waals surface area contributed by atoms with Crippen molar-refractivity contribution in [1.82, 2.24) is 14.8 Å². The molecule has 0 aliphatic heterocycles. The van der Waals surface area contributed by atoms with Crippen molar-refractivity contribution in [1.29, 1.82) is 0 Å². The number of aromatic nitrogens is 3. The fraction of sp³-hybridized carbons (Fsp3) is 0.200. The molecule has 2 N–H and O–H groups in total. The summed E-state index contributed by atoms with van der Waals surface area (Å²) < 4.78 is 6.91. The molecule has 0 saturated carbocycles. The lowest BCUT2D eigenvalue weighted by atomic mass is 10.3. The van der Waals surface area contributed by atoms with E-state index in [0.717, 1.165) is 0 Å². The molecule has 3 aromatic rings. The van der Waals surface area contributed by atoms with Gasteiger partial charge in [-0.15, -0.1) is 10.2 Å². The quantitative estimate of drug-likeness (QED) is 0.516. The topological polar surface area (TPSA) is 98.1 Å². The van der Waals surface area contributed by atoms with Gasteiger partial charge in [0.15, 0.2) is 5.16 Å². The van der Waals surface area contributed by atoms with Gasteiger partial charge in [-0.3, -0.25) is 9.59 Å². The van der Waals surface area contributed by atoms with Crippen molar-refractivity contribution in [2.45, 2.75) is 11.6 Å². The Kier molecular flexibility index (Phi) is 7.31. The van der Waals surface area contributed by atoms with Gasteiger partial charge in [0.1, 0.15) is 11.6 Å². The number of methoxy groups -OCH3 is 1. The second-order valence-corrected chi connectivity index (χ2v) is 7.55. The number of ether oxygens (including phenoxy) is 1. The third-order valence-corrected chi connectivity index (χ3v) is 5.45. The van der Waals surface area contributed by atoms with Crippen molar-refractivity contribution in [3.63, 3.8) is 0 Å². The van der Waals surface area contributed by atoms with E-state index in [1.54, 1.807) is 55.1 Å². The number of hydrogen-bond donors (Lipinski definition) is 2. The zero-order valence-corrected chi connectivity index (χ0v) is 18.0. The van der Waals surface area contributed by atoms with Crippen molar-refractivity contribution in [3.05, 3.63) is 59.4 Å². The number of halogens is 1. The average Bonchev–Trinajstić information content (AvgIpc) is 3.08. The van der Waals surface area contributed by atoms with Gasteiger partial charge < -0.3 is 19.9 Å². The van der Waals surface area contributed by atoms with Gasteiger partial charge in [-0.05, 0) is 24.3 Å². The van der Waals surface area contributed by atoms with Crippen LogP contribution in [-0.4, -0.2) is 39.4 Å². The molecule has 3 rings (SSSR count). The minimum Gasteiger partial charge on any atom is -0.495 e. The first-order valence-corrected chi connectivity index (χ1v) is 10.3. The molecule has 0 spiro atoms. The Balaban J connectivity index is 1.55. The second-order valence-electron chi connectivity index (χ2n) is 6.20. The van der Waals surface area contributed by atoms with E-state index in [1.165, 1.54) is 11.8 Å². The van der Waals surface area contributed by atoms with E-state index in [2.05, 4.69) is 20.8 Å². The third kappa shape index (κ3) is 5.52. The Labute approximate surface area is 183 Å². The lowest BCUT2D eigenvalue weighted by Gasteiger charge is -2.09. The van der Waals surface area contributed by atoms with Crippen LogP contribution in [0.5, 0.6) is 5.75 Å². The summed E-state index contributed by atoms with van der Waals surface area (Å²) in [6, 6.07) is 14.2. The van der Waals surface area contributed by atoms with Crippen LogP contribution in [0.15, 0.2) is 53.7 Å². The average molecular weight is 446 g/mol. The molecule has 0 saturated heterocycles. The van der Waals surface area contributed by atoms with E-state index in [-0.39, 0.29) is 24.0 Å². The monoisotopic (exact) mass is 445 g/mol. The Hall–Kier alpha value is -3.04. The van der Waals surface area contributed by atoms with Crippen LogP contribution in [0.25, 0.3) is 0 Å². The molecule has 0 bridgehead atoms. The highest BCUT2D eigenvalue weighted by Crippen LogP contribution is 2.24. The van der Waals surface area contributed by atoms with Gasteiger partial charge in [0.25, 0.3) is 0 Å². The molecule has 0 aliphatic carbocycles. The number of benzene rings is 2. The Morgan fingerprint density at radius 1 is 1.03 bits per heavy atom. The van der Waals surface area contributed by atoms with E-state index in [0.29, 0.717) is 33.1 Å². The van der Waals surface area contributed by atoms with E-state index < -0.39 is 0 Å². The number of thioether (sulfide) groups is 1. The number of anilines is 2.